The average molecular weight is 556 g/mol. The molecule has 0 bridgehead atoms. The molecule has 0 aliphatic carbocycles. The predicted molar refractivity (Wildman–Crippen MR) is 162 cm³/mol. The summed E-state index contributed by atoms with van der Waals surface area (Å²) in [6.07, 6.45) is 1.68. The molecule has 0 atom stereocenters. The first-order chi connectivity index (χ1) is 19.0. The Kier molecular flexibility index (Phi) is 7.13. The molecule has 0 saturated heterocycles. The van der Waals surface area contributed by atoms with Gasteiger partial charge in [-0.25, -0.2) is 9.97 Å². The van der Waals surface area contributed by atoms with E-state index < -0.39 is 0 Å². The normalized spacial score (nSPS) is 11.6. The Labute approximate surface area is 236 Å². The summed E-state index contributed by atoms with van der Waals surface area (Å²) in [6, 6.07) is 23.9. The number of fused-ring (bicyclic) bond motifs is 4. The van der Waals surface area contributed by atoms with Gasteiger partial charge in [-0.1, -0.05) is 35.3 Å². The molecule has 0 fully saturated rings. The minimum absolute atomic E-state index is 0.682. The number of halogens is 2. The third-order valence-electron chi connectivity index (χ3n) is 7.21. The van der Waals surface area contributed by atoms with Crippen molar-refractivity contribution in [3.8, 4) is 11.5 Å². The maximum atomic E-state index is 6.29. The van der Waals surface area contributed by atoms with Gasteiger partial charge in [-0.3, -0.25) is 0 Å². The van der Waals surface area contributed by atoms with E-state index in [2.05, 4.69) is 29.6 Å². The van der Waals surface area contributed by atoms with E-state index in [0.717, 1.165) is 81.0 Å². The molecule has 6 rings (SSSR count). The number of ether oxygens (including phenoxy) is 2. The molecule has 5 nitrogen and oxygen atoms in total. The Balaban J connectivity index is 1.28. The van der Waals surface area contributed by atoms with Crippen molar-refractivity contribution in [2.24, 2.45) is 0 Å². The van der Waals surface area contributed by atoms with Crippen molar-refractivity contribution in [1.29, 1.82) is 0 Å². The zero-order chi connectivity index (χ0) is 26.9. The van der Waals surface area contributed by atoms with Crippen molar-refractivity contribution >= 4 is 66.8 Å². The van der Waals surface area contributed by atoms with Crippen LogP contribution in [0.5, 0.6) is 11.5 Å². The quantitative estimate of drug-likeness (QED) is 0.153. The van der Waals surface area contributed by atoms with Crippen molar-refractivity contribution in [1.82, 2.24) is 15.3 Å². The van der Waals surface area contributed by atoms with Crippen LogP contribution in [-0.2, 0) is 12.8 Å². The third-order valence-corrected chi connectivity index (χ3v) is 7.68. The first-order valence-electron chi connectivity index (χ1n) is 12.9. The Morgan fingerprint density at radius 3 is 1.46 bits per heavy atom. The van der Waals surface area contributed by atoms with Crippen molar-refractivity contribution in [2.75, 3.05) is 27.3 Å². The molecule has 0 saturated carbocycles. The van der Waals surface area contributed by atoms with Gasteiger partial charge in [-0.05, 0) is 97.7 Å². The van der Waals surface area contributed by atoms with Crippen molar-refractivity contribution in [2.45, 2.75) is 12.8 Å². The minimum Gasteiger partial charge on any atom is -0.497 e. The van der Waals surface area contributed by atoms with Gasteiger partial charge in [0.25, 0.3) is 0 Å². The van der Waals surface area contributed by atoms with Gasteiger partial charge in [-0.15, -0.1) is 0 Å². The Morgan fingerprint density at radius 1 is 0.564 bits per heavy atom. The van der Waals surface area contributed by atoms with Gasteiger partial charge < -0.3 is 14.8 Å². The van der Waals surface area contributed by atoms with Crippen molar-refractivity contribution in [3.63, 3.8) is 0 Å². The van der Waals surface area contributed by atoms with Crippen LogP contribution in [-0.4, -0.2) is 37.3 Å². The number of nitrogens with one attached hydrogen (secondary N) is 1. The lowest BCUT2D eigenvalue weighted by atomic mass is 9.99. The molecule has 1 N–H and O–H groups in total. The SMILES string of the molecule is COc1ccc2nc3cc(Cl)ccc3c(CCNCCc3c4ccc(Cl)cc4nc4ccc(OC)cc34)c2c1. The average Bonchev–Trinajstić information content (AvgIpc) is 2.95. The number of hydrogen-bond acceptors (Lipinski definition) is 5. The van der Waals surface area contributed by atoms with Crippen LogP contribution >= 0.6 is 23.2 Å². The maximum Gasteiger partial charge on any atom is 0.119 e. The lowest BCUT2D eigenvalue weighted by Crippen LogP contribution is -2.20. The highest BCUT2D eigenvalue weighted by molar-refractivity contribution is 6.31. The van der Waals surface area contributed by atoms with Gasteiger partial charge in [0.2, 0.25) is 0 Å². The van der Waals surface area contributed by atoms with Crippen LogP contribution < -0.4 is 14.8 Å². The van der Waals surface area contributed by atoms with Crippen LogP contribution in [0.25, 0.3) is 43.6 Å². The molecular formula is C32H27Cl2N3O2. The molecule has 4 aromatic carbocycles. The molecule has 0 amide bonds. The van der Waals surface area contributed by atoms with E-state index in [1.807, 2.05) is 48.5 Å². The Morgan fingerprint density at radius 2 is 1.03 bits per heavy atom. The lowest BCUT2D eigenvalue weighted by Gasteiger charge is -2.14. The van der Waals surface area contributed by atoms with Crippen LogP contribution in [0.15, 0.2) is 72.8 Å². The van der Waals surface area contributed by atoms with Gasteiger partial charge in [0.1, 0.15) is 11.5 Å². The number of benzene rings is 4. The minimum atomic E-state index is 0.682. The summed E-state index contributed by atoms with van der Waals surface area (Å²) in [5.41, 5.74) is 6.13. The highest BCUT2D eigenvalue weighted by Crippen LogP contribution is 2.32. The second-order valence-electron chi connectivity index (χ2n) is 9.52. The fraction of sp³-hybridized carbons (Fsp3) is 0.188. The summed E-state index contributed by atoms with van der Waals surface area (Å²) < 4.78 is 11.0. The summed E-state index contributed by atoms with van der Waals surface area (Å²) in [7, 11) is 3.37. The smallest absolute Gasteiger partial charge is 0.119 e. The van der Waals surface area contributed by atoms with Gasteiger partial charge >= 0.3 is 0 Å². The zero-order valence-corrected chi connectivity index (χ0v) is 23.2. The standard InChI is InChI=1S/C32H27Cl2N3O2/c1-38-21-5-9-29-27(17-21)23(25-7-3-19(33)15-31(25)36-29)11-13-35-14-12-24-26-8-4-20(34)16-32(26)37-30-10-6-22(39-2)18-28(24)30/h3-10,15-18,35H,11-14H2,1-2H3. The summed E-state index contributed by atoms with van der Waals surface area (Å²) in [5, 5.41) is 9.44. The van der Waals surface area contributed by atoms with Gasteiger partial charge in [-0.2, -0.15) is 0 Å². The molecule has 39 heavy (non-hydrogen) atoms. The van der Waals surface area contributed by atoms with Crippen LogP contribution in [0.1, 0.15) is 11.1 Å². The number of methoxy groups -OCH3 is 2. The van der Waals surface area contributed by atoms with Crippen LogP contribution in [0.4, 0.5) is 0 Å². The predicted octanol–water partition coefficient (Wildman–Crippen LogP) is 7.79. The van der Waals surface area contributed by atoms with Crippen LogP contribution in [0.3, 0.4) is 0 Å². The van der Waals surface area contributed by atoms with E-state index in [-0.39, 0.29) is 0 Å². The fourth-order valence-corrected chi connectivity index (χ4v) is 5.64. The monoisotopic (exact) mass is 555 g/mol. The molecule has 7 heteroatoms. The van der Waals surface area contributed by atoms with Crippen LogP contribution in [0, 0.1) is 0 Å². The zero-order valence-electron chi connectivity index (χ0n) is 21.7. The van der Waals surface area contributed by atoms with E-state index in [0.29, 0.717) is 10.0 Å². The highest BCUT2D eigenvalue weighted by atomic mass is 35.5. The summed E-state index contributed by atoms with van der Waals surface area (Å²) in [6.45, 7) is 1.62. The molecule has 0 aliphatic heterocycles. The number of pyridine rings is 2. The van der Waals surface area contributed by atoms with Gasteiger partial charge in [0.15, 0.2) is 0 Å². The molecule has 196 valence electrons. The topological polar surface area (TPSA) is 56.3 Å². The van der Waals surface area contributed by atoms with E-state index in [1.54, 1.807) is 14.2 Å². The van der Waals surface area contributed by atoms with E-state index >= 15 is 0 Å². The molecular weight excluding hydrogens is 529 g/mol. The maximum absolute atomic E-state index is 6.29. The second kappa shape index (κ2) is 10.9. The van der Waals surface area contributed by atoms with E-state index in [4.69, 9.17) is 42.6 Å². The third kappa shape index (κ3) is 5.06. The summed E-state index contributed by atoms with van der Waals surface area (Å²) in [5.74, 6) is 1.64. The molecule has 2 heterocycles. The molecule has 2 aromatic heterocycles. The lowest BCUT2D eigenvalue weighted by molar-refractivity contribution is 0.415. The molecule has 0 radical (unpaired) electrons. The molecule has 0 spiro atoms. The number of hydrogen-bond donors (Lipinski definition) is 1. The first kappa shape index (κ1) is 25.6. The first-order valence-corrected chi connectivity index (χ1v) is 13.6. The Hall–Kier alpha value is -3.64. The van der Waals surface area contributed by atoms with E-state index in [9.17, 15) is 0 Å². The molecule has 0 unspecified atom stereocenters. The van der Waals surface area contributed by atoms with Crippen molar-refractivity contribution in [3.05, 3.63) is 94.0 Å². The van der Waals surface area contributed by atoms with E-state index in [1.165, 1.54) is 11.1 Å². The van der Waals surface area contributed by atoms with Gasteiger partial charge in [0.05, 0.1) is 36.3 Å². The van der Waals surface area contributed by atoms with Crippen molar-refractivity contribution < 1.29 is 9.47 Å². The van der Waals surface area contributed by atoms with Gasteiger partial charge in [0, 0.05) is 31.6 Å². The number of nitrogens with zero attached hydrogens (tertiary/aromatic N) is 2. The summed E-state index contributed by atoms with van der Waals surface area (Å²) >= 11 is 12.6. The largest absolute Gasteiger partial charge is 0.497 e. The molecule has 6 aromatic rings. The second-order valence-corrected chi connectivity index (χ2v) is 10.4. The van der Waals surface area contributed by atoms with Crippen LogP contribution in [0.2, 0.25) is 10.0 Å². The highest BCUT2D eigenvalue weighted by Gasteiger charge is 2.13. The fourth-order valence-electron chi connectivity index (χ4n) is 5.31. The molecule has 0 aliphatic rings. The number of aromatic nitrogens is 2. The Bertz CT molecular complexity index is 1720. The number of rotatable bonds is 8. The summed E-state index contributed by atoms with van der Waals surface area (Å²) in [4.78, 5) is 9.70.